The van der Waals surface area contributed by atoms with Gasteiger partial charge in [-0.25, -0.2) is 0 Å². The van der Waals surface area contributed by atoms with Gasteiger partial charge >= 0.3 is 11.9 Å². The minimum atomic E-state index is -0.986. The number of carboxylic acids is 2. The molecule has 0 aromatic carbocycles. The number of rotatable bonds is 14. The lowest BCUT2D eigenvalue weighted by atomic mass is 9.44. The predicted molar refractivity (Wildman–Crippen MR) is 338 cm³/mol. The second-order valence-electron chi connectivity index (χ2n) is 34.8. The number of hydrogen-bond donors (Lipinski definition) is 6. The van der Waals surface area contributed by atoms with Crippen molar-refractivity contribution in [3.63, 3.8) is 0 Å². The third kappa shape index (κ3) is 12.6. The Morgan fingerprint density at radius 3 is 1.01 bits per heavy atom. The molecule has 0 heterocycles. The van der Waals surface area contributed by atoms with Crippen LogP contribution in [-0.4, -0.2) is 74.0 Å². The van der Waals surface area contributed by atoms with Crippen LogP contribution in [0.4, 0.5) is 0 Å². The number of aliphatic hydroxyl groups excluding tert-OH is 3. The van der Waals surface area contributed by atoms with E-state index in [1.54, 1.807) is 6.92 Å². The van der Waals surface area contributed by atoms with Gasteiger partial charge in [0.1, 0.15) is 12.3 Å². The topological polar surface area (TPSA) is 181 Å². The lowest BCUT2D eigenvalue weighted by molar-refractivity contribution is -0.138. The highest BCUT2D eigenvalue weighted by Crippen LogP contribution is 2.72. The maximum Gasteiger partial charge on any atom is 0.322 e. The number of amides is 1. The molecule has 9 unspecified atom stereocenters. The third-order valence-electron chi connectivity index (χ3n) is 31.2. The summed E-state index contributed by atoms with van der Waals surface area (Å²) in [5, 5.41) is 51.0. The SMILES string of the molecule is CC(=O)CC[C@@H](C)C1CC[C@H]2C3CC[C@@H]4C[C@H](O)CC[C@]4(C)C3CC[C@]12C.C[C@H](CCC(=O)NCC(=O)O)C1CC[C@H]2C3CC[C@@H]4C[C@H](O)CC[C@]4(C)C3CC[C@]12C.C[C@H](CCC(=O)O)C1CC[C@H]2C3CC[C@@H]4C[C@H](O)CC[C@]4(C)C3CC[C@]12C. The molecule has 0 saturated heterocycles. The van der Waals surface area contributed by atoms with Crippen LogP contribution in [0, 0.1) is 139 Å². The Morgan fingerprint density at radius 2 is 0.694 bits per heavy atom. The number of aliphatic carboxylic acids is 2. The summed E-state index contributed by atoms with van der Waals surface area (Å²) in [7, 11) is 0. The number of Topliss-reactive ketones (excluding diaryl/α,β-unsaturated/α-hetero) is 1. The first-order valence-corrected chi connectivity index (χ1v) is 36.4. The van der Waals surface area contributed by atoms with Crippen molar-refractivity contribution in [3.8, 4) is 0 Å². The standard InChI is InChI=1S/C26H43NO4.C25H42O2.C24H40O3/c1-16(4-9-23(29)27-15-24(30)31)20-7-8-21-19-6-5-17-14-18(28)10-12-25(17,2)22(19)11-13-26(20,21)3;1-16(5-6-17(2)26)21-9-10-22-20-8-7-18-15-19(27)11-13-24(18,3)23(20)12-14-25(21,22)4;1-15(4-9-22(26)27)19-7-8-20-18-6-5-16-14-17(25)10-12-23(16,2)21(18)11-13-24(19,20)3/h16-22,28H,4-15H2,1-3H3,(H,27,29)(H,30,31);16,18-23,27H,5-15H2,1-4H3;15-21,25H,4-14H2,1-3H3,(H,26,27)/t16-,17-,18-,19?,20?,21+,22?,25+,26-;16-,18-,19-,20?,21?,22+,23?,24+,25-;15-,16-,17-,18?,19?,20+,21?,23+,24-/m111/s1. The molecule has 1 amide bonds. The molecule has 0 radical (unpaired) electrons. The maximum absolute atomic E-state index is 12.0. The normalized spacial score (nSPS) is 48.5. The predicted octanol–water partition coefficient (Wildman–Crippen LogP) is 16.1. The molecule has 0 bridgehead atoms. The highest BCUT2D eigenvalue weighted by Gasteiger charge is 2.64. The lowest BCUT2D eigenvalue weighted by Crippen LogP contribution is -2.54. The summed E-state index contributed by atoms with van der Waals surface area (Å²) in [6.07, 6.45) is 38.3. The van der Waals surface area contributed by atoms with Crippen molar-refractivity contribution in [2.45, 2.75) is 299 Å². The quantitative estimate of drug-likeness (QED) is 0.0986. The van der Waals surface area contributed by atoms with Gasteiger partial charge < -0.3 is 35.6 Å². The van der Waals surface area contributed by atoms with Gasteiger partial charge in [-0.05, 0) is 339 Å². The highest BCUT2D eigenvalue weighted by atomic mass is 16.4. The summed E-state index contributed by atoms with van der Waals surface area (Å²) < 4.78 is 0. The molecule has 12 fully saturated rings. The fraction of sp³-hybridized carbons (Fsp3) is 0.947. The summed E-state index contributed by atoms with van der Waals surface area (Å²) in [6, 6.07) is 0. The van der Waals surface area contributed by atoms with E-state index in [9.17, 15) is 34.5 Å². The number of ketones is 1. The Balaban J connectivity index is 0.000000142. The third-order valence-corrected chi connectivity index (χ3v) is 31.2. The number of fused-ring (bicyclic) bond motifs is 15. The van der Waals surface area contributed by atoms with Crippen molar-refractivity contribution >= 4 is 23.6 Å². The van der Waals surface area contributed by atoms with Gasteiger partial charge in [-0.3, -0.25) is 14.4 Å². The molecule has 0 aromatic heterocycles. The zero-order valence-electron chi connectivity index (χ0n) is 55.5. The molecular weight excluding hydrogens is 1060 g/mol. The summed E-state index contributed by atoms with van der Waals surface area (Å²) in [5.74, 6) is 12.5. The van der Waals surface area contributed by atoms with Crippen LogP contribution >= 0.6 is 0 Å². The molecule has 27 atom stereocenters. The van der Waals surface area contributed by atoms with Crippen LogP contribution in [0.25, 0.3) is 0 Å². The second kappa shape index (κ2) is 25.9. The van der Waals surface area contributed by atoms with Crippen LogP contribution in [-0.2, 0) is 19.2 Å². The molecule has 0 aromatic rings. The Bertz CT molecular complexity index is 2240. The van der Waals surface area contributed by atoms with Gasteiger partial charge in [0.15, 0.2) is 0 Å². The molecule has 12 saturated carbocycles. The monoisotopic (exact) mass is 1180 g/mol. The van der Waals surface area contributed by atoms with Gasteiger partial charge in [0.2, 0.25) is 5.91 Å². The van der Waals surface area contributed by atoms with E-state index in [0.29, 0.717) is 86.6 Å². The molecule has 10 nitrogen and oxygen atoms in total. The number of hydrogen-bond acceptors (Lipinski definition) is 7. The van der Waals surface area contributed by atoms with Crippen molar-refractivity contribution in [3.05, 3.63) is 0 Å². The highest BCUT2D eigenvalue weighted by molar-refractivity contribution is 5.81. The van der Waals surface area contributed by atoms with E-state index in [1.807, 2.05) is 0 Å². The van der Waals surface area contributed by atoms with E-state index < -0.39 is 11.9 Å². The zero-order chi connectivity index (χ0) is 61.2. The number of aliphatic hydroxyl groups is 3. The average molecular weight is 1180 g/mol. The molecule has 0 spiro atoms. The van der Waals surface area contributed by atoms with Crippen molar-refractivity contribution in [2.24, 2.45) is 139 Å². The van der Waals surface area contributed by atoms with Crippen LogP contribution < -0.4 is 5.32 Å². The Kier molecular flexibility index (Phi) is 20.1. The first kappa shape index (κ1) is 65.9. The Hall–Kier alpha value is -2.04. The molecule has 85 heavy (non-hydrogen) atoms. The summed E-state index contributed by atoms with van der Waals surface area (Å²) in [4.78, 5) is 45.2. The van der Waals surface area contributed by atoms with E-state index in [4.69, 9.17) is 10.2 Å². The molecule has 0 aliphatic heterocycles. The first-order chi connectivity index (χ1) is 40.2. The number of carbonyl (C=O) groups excluding carboxylic acids is 2. The van der Waals surface area contributed by atoms with Crippen LogP contribution in [0.15, 0.2) is 0 Å². The number of carbonyl (C=O) groups is 4. The fourth-order valence-electron chi connectivity index (χ4n) is 26.6. The van der Waals surface area contributed by atoms with Gasteiger partial charge in [0.25, 0.3) is 0 Å². The summed E-state index contributed by atoms with van der Waals surface area (Å²) >= 11 is 0. The van der Waals surface area contributed by atoms with Gasteiger partial charge in [-0.2, -0.15) is 0 Å². The van der Waals surface area contributed by atoms with Crippen LogP contribution in [0.1, 0.15) is 281 Å². The van der Waals surface area contributed by atoms with E-state index in [0.717, 1.165) is 135 Å². The number of nitrogens with one attached hydrogen (secondary N) is 1. The second-order valence-corrected chi connectivity index (χ2v) is 34.8. The maximum atomic E-state index is 12.0. The van der Waals surface area contributed by atoms with E-state index in [2.05, 4.69) is 67.6 Å². The zero-order valence-corrected chi connectivity index (χ0v) is 55.5. The largest absolute Gasteiger partial charge is 0.481 e. The molecule has 12 rings (SSSR count). The first-order valence-electron chi connectivity index (χ1n) is 36.4. The van der Waals surface area contributed by atoms with Gasteiger partial charge in [0, 0.05) is 19.3 Å². The molecule has 12 aliphatic carbocycles. The van der Waals surface area contributed by atoms with E-state index >= 15 is 0 Å². The van der Waals surface area contributed by atoms with Crippen LogP contribution in [0.3, 0.4) is 0 Å². The molecular formula is C75H125NO9. The molecule has 10 heteroatoms. The molecule has 484 valence electrons. The lowest BCUT2D eigenvalue weighted by Gasteiger charge is -2.61. The smallest absolute Gasteiger partial charge is 0.322 e. The van der Waals surface area contributed by atoms with Crippen molar-refractivity contribution < 1.29 is 44.7 Å². The van der Waals surface area contributed by atoms with Crippen molar-refractivity contribution in [1.82, 2.24) is 5.32 Å². The van der Waals surface area contributed by atoms with Crippen molar-refractivity contribution in [1.29, 1.82) is 0 Å². The minimum absolute atomic E-state index is 0.0357. The van der Waals surface area contributed by atoms with E-state index in [1.165, 1.54) is 135 Å². The fourth-order valence-corrected chi connectivity index (χ4v) is 26.6. The summed E-state index contributed by atoms with van der Waals surface area (Å²) in [5.41, 5.74) is 2.69. The van der Waals surface area contributed by atoms with Crippen molar-refractivity contribution in [2.75, 3.05) is 6.54 Å². The number of carboxylic acid groups (broad SMARTS) is 2. The average Bonchev–Trinajstić information content (AvgIpc) is 2.52. The van der Waals surface area contributed by atoms with Gasteiger partial charge in [-0.1, -0.05) is 62.3 Å². The molecule has 6 N–H and O–H groups in total. The van der Waals surface area contributed by atoms with Crippen LogP contribution in [0.5, 0.6) is 0 Å². The Labute approximate surface area is 516 Å². The Morgan fingerprint density at radius 1 is 0.388 bits per heavy atom. The van der Waals surface area contributed by atoms with Gasteiger partial charge in [-0.15, -0.1) is 0 Å². The molecule has 12 aliphatic rings. The summed E-state index contributed by atoms with van der Waals surface area (Å²) in [6.45, 7) is 23.9. The van der Waals surface area contributed by atoms with Crippen LogP contribution in [0.2, 0.25) is 0 Å². The van der Waals surface area contributed by atoms with Gasteiger partial charge in [0.05, 0.1) is 18.3 Å². The minimum Gasteiger partial charge on any atom is -0.481 e. The van der Waals surface area contributed by atoms with E-state index in [-0.39, 0.29) is 30.8 Å².